The van der Waals surface area contributed by atoms with Crippen molar-refractivity contribution in [2.75, 3.05) is 14.1 Å². The molecule has 19 heavy (non-hydrogen) atoms. The Morgan fingerprint density at radius 3 is 2.21 bits per heavy atom. The van der Waals surface area contributed by atoms with Crippen molar-refractivity contribution in [2.45, 2.75) is 6.92 Å². The predicted molar refractivity (Wildman–Crippen MR) is 70.9 cm³/mol. The first-order chi connectivity index (χ1) is 8.68. The van der Waals surface area contributed by atoms with Crippen LogP contribution in [0.5, 0.6) is 0 Å². The van der Waals surface area contributed by atoms with Crippen molar-refractivity contribution < 1.29 is 4.92 Å². The first-order valence-corrected chi connectivity index (χ1v) is 5.48. The van der Waals surface area contributed by atoms with Gasteiger partial charge < -0.3 is 4.90 Å². The maximum atomic E-state index is 11.8. The molecule has 0 radical (unpaired) electrons. The fraction of sp³-hybridized carbons (Fsp3) is 0.455. The lowest BCUT2D eigenvalue weighted by Crippen LogP contribution is -2.39. The average Bonchev–Trinajstić information content (AvgIpc) is 2.32. The average molecular weight is 268 g/mol. The van der Waals surface area contributed by atoms with Crippen molar-refractivity contribution in [1.82, 2.24) is 14.0 Å². The molecule has 0 N–H and O–H groups in total. The largest absolute Gasteiger partial charge is 0.381 e. The molecule has 0 amide bonds. The summed E-state index contributed by atoms with van der Waals surface area (Å²) < 4.78 is 1.81. The molecule has 0 fully saturated rings. The third-order valence-corrected chi connectivity index (χ3v) is 2.92. The molecule has 1 rings (SSSR count). The van der Waals surface area contributed by atoms with Crippen LogP contribution in [0.25, 0.3) is 6.08 Å². The summed E-state index contributed by atoms with van der Waals surface area (Å²) in [5, 5.41) is 11.0. The van der Waals surface area contributed by atoms with Gasteiger partial charge in [-0.1, -0.05) is 0 Å². The maximum Gasteiger partial charge on any atom is 0.357 e. The zero-order valence-corrected chi connectivity index (χ0v) is 11.5. The van der Waals surface area contributed by atoms with Gasteiger partial charge in [0.2, 0.25) is 0 Å². The predicted octanol–water partition coefficient (Wildman–Crippen LogP) is -0.0854. The number of rotatable bonds is 3. The fourth-order valence-corrected chi connectivity index (χ4v) is 1.51. The van der Waals surface area contributed by atoms with Gasteiger partial charge in [-0.15, -0.1) is 0 Å². The summed E-state index contributed by atoms with van der Waals surface area (Å²) in [4.78, 5) is 35.6. The van der Waals surface area contributed by atoms with Gasteiger partial charge in [0.25, 0.3) is 0 Å². The molecule has 1 heterocycles. The molecule has 1 aromatic rings. The van der Waals surface area contributed by atoms with E-state index in [9.17, 15) is 19.7 Å². The Bertz CT molecular complexity index is 666. The van der Waals surface area contributed by atoms with Gasteiger partial charge in [-0.25, -0.2) is 4.79 Å². The Morgan fingerprint density at radius 2 is 1.79 bits per heavy atom. The lowest BCUT2D eigenvalue weighted by atomic mass is 10.2. The highest BCUT2D eigenvalue weighted by atomic mass is 16.6. The van der Waals surface area contributed by atoms with Gasteiger partial charge in [0, 0.05) is 33.9 Å². The molecule has 0 unspecified atom stereocenters. The standard InChI is InChI=1S/C11H16N4O4/c1-7(12(2)3)6-8-9(15(18)19)10(16)14(5)11(17)13(8)4/h6H,1-5H3/b7-6+. The van der Waals surface area contributed by atoms with Crippen LogP contribution in [-0.4, -0.2) is 33.1 Å². The van der Waals surface area contributed by atoms with Crippen molar-refractivity contribution >= 4 is 11.8 Å². The lowest BCUT2D eigenvalue weighted by Gasteiger charge is -2.14. The van der Waals surface area contributed by atoms with Crippen LogP contribution in [0.2, 0.25) is 0 Å². The summed E-state index contributed by atoms with van der Waals surface area (Å²) in [6.07, 6.45) is 1.45. The summed E-state index contributed by atoms with van der Waals surface area (Å²) >= 11 is 0. The molecule has 0 saturated carbocycles. The van der Waals surface area contributed by atoms with Gasteiger partial charge in [-0.05, 0) is 13.0 Å². The lowest BCUT2D eigenvalue weighted by molar-refractivity contribution is -0.387. The Morgan fingerprint density at radius 1 is 1.26 bits per heavy atom. The topological polar surface area (TPSA) is 90.4 Å². The Balaban J connectivity index is 3.83. The molecule has 0 aromatic carbocycles. The first-order valence-electron chi connectivity index (χ1n) is 5.48. The summed E-state index contributed by atoms with van der Waals surface area (Å²) in [5.74, 6) is 0. The van der Waals surface area contributed by atoms with Crippen molar-refractivity contribution in [1.29, 1.82) is 0 Å². The highest BCUT2D eigenvalue weighted by Crippen LogP contribution is 2.15. The highest BCUT2D eigenvalue weighted by Gasteiger charge is 2.24. The Kier molecular flexibility index (Phi) is 3.93. The van der Waals surface area contributed by atoms with E-state index in [2.05, 4.69) is 0 Å². The van der Waals surface area contributed by atoms with E-state index >= 15 is 0 Å². The van der Waals surface area contributed by atoms with Crippen LogP contribution in [-0.2, 0) is 14.1 Å². The SMILES string of the molecule is C/C(=C\c1c([N+](=O)[O-])c(=O)n(C)c(=O)n1C)N(C)C. The molecule has 104 valence electrons. The Labute approximate surface area is 109 Å². The number of aromatic nitrogens is 2. The number of nitro groups is 1. The zero-order chi connectivity index (χ0) is 14.9. The van der Waals surface area contributed by atoms with Crippen LogP contribution in [0.4, 0.5) is 5.69 Å². The van der Waals surface area contributed by atoms with Gasteiger partial charge in [0.05, 0.1) is 4.92 Å². The molecule has 8 heteroatoms. The number of nitrogens with zero attached hydrogens (tertiary/aromatic N) is 4. The molecule has 0 bridgehead atoms. The molecular weight excluding hydrogens is 252 g/mol. The monoisotopic (exact) mass is 268 g/mol. The van der Waals surface area contributed by atoms with Crippen LogP contribution in [0.15, 0.2) is 15.3 Å². The molecule has 0 aliphatic heterocycles. The van der Waals surface area contributed by atoms with E-state index in [1.54, 1.807) is 25.9 Å². The molecule has 0 atom stereocenters. The smallest absolute Gasteiger partial charge is 0.357 e. The van der Waals surface area contributed by atoms with E-state index < -0.39 is 21.9 Å². The van der Waals surface area contributed by atoms with Crippen LogP contribution in [0, 0.1) is 10.1 Å². The van der Waals surface area contributed by atoms with E-state index in [0.29, 0.717) is 5.70 Å². The van der Waals surface area contributed by atoms with Gasteiger partial charge in [0.1, 0.15) is 5.69 Å². The van der Waals surface area contributed by atoms with E-state index in [-0.39, 0.29) is 5.69 Å². The zero-order valence-electron chi connectivity index (χ0n) is 11.5. The van der Waals surface area contributed by atoms with Crippen molar-refractivity contribution in [2.24, 2.45) is 14.1 Å². The van der Waals surface area contributed by atoms with E-state index in [1.165, 1.54) is 20.2 Å². The summed E-state index contributed by atoms with van der Waals surface area (Å²) in [6, 6.07) is 0. The van der Waals surface area contributed by atoms with E-state index in [4.69, 9.17) is 0 Å². The third-order valence-electron chi connectivity index (χ3n) is 2.92. The van der Waals surface area contributed by atoms with E-state index in [1.807, 2.05) is 0 Å². The Hall–Kier alpha value is -2.38. The summed E-state index contributed by atoms with van der Waals surface area (Å²) in [7, 11) is 6.13. The normalized spacial score (nSPS) is 11.5. The number of hydrogen-bond acceptors (Lipinski definition) is 5. The minimum atomic E-state index is -0.911. The minimum absolute atomic E-state index is 0.00991. The first kappa shape index (κ1) is 14.7. The van der Waals surface area contributed by atoms with E-state index in [0.717, 1.165) is 9.13 Å². The molecule has 0 aliphatic carbocycles. The molecule has 0 spiro atoms. The van der Waals surface area contributed by atoms with Gasteiger partial charge in [-0.3, -0.25) is 24.0 Å². The molecule has 0 saturated heterocycles. The second-order valence-electron chi connectivity index (χ2n) is 4.38. The van der Waals surface area contributed by atoms with Crippen LogP contribution in [0.1, 0.15) is 12.6 Å². The second-order valence-corrected chi connectivity index (χ2v) is 4.38. The third kappa shape index (κ3) is 2.56. The molecule has 0 aliphatic rings. The van der Waals surface area contributed by atoms with Crippen molar-refractivity contribution in [3.05, 3.63) is 42.3 Å². The second kappa shape index (κ2) is 5.09. The quantitative estimate of drug-likeness (QED) is 0.564. The van der Waals surface area contributed by atoms with Crippen LogP contribution < -0.4 is 11.2 Å². The molecule has 8 nitrogen and oxygen atoms in total. The molecule has 1 aromatic heterocycles. The summed E-state index contributed by atoms with van der Waals surface area (Å²) in [5.41, 5.74) is -1.44. The van der Waals surface area contributed by atoms with Crippen molar-refractivity contribution in [3.8, 4) is 0 Å². The van der Waals surface area contributed by atoms with Gasteiger partial charge in [-0.2, -0.15) is 0 Å². The van der Waals surface area contributed by atoms with Gasteiger partial charge >= 0.3 is 16.9 Å². The number of allylic oxidation sites excluding steroid dienone is 1. The fourth-order valence-electron chi connectivity index (χ4n) is 1.51. The van der Waals surface area contributed by atoms with Gasteiger partial charge in [0.15, 0.2) is 0 Å². The minimum Gasteiger partial charge on any atom is -0.381 e. The highest BCUT2D eigenvalue weighted by molar-refractivity contribution is 5.58. The molecular formula is C11H16N4O4. The number of hydrogen-bond donors (Lipinski definition) is 0. The van der Waals surface area contributed by atoms with Crippen LogP contribution >= 0.6 is 0 Å². The van der Waals surface area contributed by atoms with Crippen LogP contribution in [0.3, 0.4) is 0 Å². The summed E-state index contributed by atoms with van der Waals surface area (Å²) in [6.45, 7) is 1.73. The van der Waals surface area contributed by atoms with Crippen molar-refractivity contribution in [3.63, 3.8) is 0 Å². The maximum absolute atomic E-state index is 11.8.